The Morgan fingerprint density at radius 1 is 1.29 bits per heavy atom. The fourth-order valence-corrected chi connectivity index (χ4v) is 3.17. The number of aliphatic hydroxyl groups excluding tert-OH is 1. The lowest BCUT2D eigenvalue weighted by Crippen LogP contribution is -2.36. The maximum Gasteiger partial charge on any atom is 0.416 e. The Balaban J connectivity index is 1.74. The molecule has 0 spiro atoms. The molecule has 1 unspecified atom stereocenters. The molecule has 0 bridgehead atoms. The van der Waals surface area contributed by atoms with Crippen LogP contribution in [0.25, 0.3) is 0 Å². The zero-order valence-corrected chi connectivity index (χ0v) is 15.1. The van der Waals surface area contributed by atoms with Gasteiger partial charge in [0.15, 0.2) is 11.6 Å². The summed E-state index contributed by atoms with van der Waals surface area (Å²) in [4.78, 5) is 17.7. The second kappa shape index (κ2) is 7.38. The molecule has 2 aromatic rings. The van der Waals surface area contributed by atoms with E-state index in [-0.39, 0.29) is 36.0 Å². The number of alkyl halides is 3. The molecule has 9 heteroatoms. The van der Waals surface area contributed by atoms with Crippen LogP contribution in [-0.4, -0.2) is 33.0 Å². The van der Waals surface area contributed by atoms with Gasteiger partial charge >= 0.3 is 6.18 Å². The first-order valence-electron chi connectivity index (χ1n) is 8.57. The maximum absolute atomic E-state index is 13.9. The van der Waals surface area contributed by atoms with Gasteiger partial charge in [-0.05, 0) is 37.6 Å². The third-order valence-electron chi connectivity index (χ3n) is 4.80. The van der Waals surface area contributed by atoms with Crippen LogP contribution in [0.5, 0.6) is 11.6 Å². The molecule has 28 heavy (non-hydrogen) atoms. The van der Waals surface area contributed by atoms with Crippen LogP contribution in [0.15, 0.2) is 36.5 Å². The fraction of sp³-hybridized carbons (Fsp3) is 0.368. The number of aromatic nitrogens is 1. The summed E-state index contributed by atoms with van der Waals surface area (Å²) in [6.07, 6.45) is -3.87. The summed E-state index contributed by atoms with van der Waals surface area (Å²) in [7, 11) is 0. The number of carbonyl (C=O) groups excluding carboxylic acids is 1. The van der Waals surface area contributed by atoms with Crippen molar-refractivity contribution in [2.75, 3.05) is 0 Å². The zero-order chi connectivity index (χ0) is 20.6. The van der Waals surface area contributed by atoms with E-state index < -0.39 is 23.7 Å². The van der Waals surface area contributed by atoms with Crippen molar-refractivity contribution in [1.82, 2.24) is 9.88 Å². The lowest BCUT2D eigenvalue weighted by Gasteiger charge is -2.29. The standard InChI is InChI=1S/C19H18F4N2O3/c1-10(25-11(2)15(26)8-18(25)27)12-3-6-17(24-9-12)28-16-5-4-13(7-14(16)20)19(21,22)23/h3-7,9-11,15,26H,8H2,1-2H3/t10?,11-,15-/m0/s1. The molecule has 1 aliphatic heterocycles. The Labute approximate surface area is 158 Å². The monoisotopic (exact) mass is 398 g/mol. The maximum atomic E-state index is 13.9. The molecule has 1 saturated heterocycles. The van der Waals surface area contributed by atoms with Gasteiger partial charge in [0, 0.05) is 12.3 Å². The van der Waals surface area contributed by atoms with Crippen molar-refractivity contribution in [3.8, 4) is 11.6 Å². The Hall–Kier alpha value is -2.68. The molecule has 1 aromatic heterocycles. The number of rotatable bonds is 4. The molecule has 1 N–H and O–H groups in total. The molecule has 0 saturated carbocycles. The zero-order valence-electron chi connectivity index (χ0n) is 15.1. The van der Waals surface area contributed by atoms with Gasteiger partial charge in [0.1, 0.15) is 0 Å². The Morgan fingerprint density at radius 3 is 2.50 bits per heavy atom. The molecule has 150 valence electrons. The first kappa shape index (κ1) is 20.1. The molecule has 1 aliphatic rings. The van der Waals surface area contributed by atoms with E-state index in [2.05, 4.69) is 4.98 Å². The lowest BCUT2D eigenvalue weighted by molar-refractivity contribution is -0.137. The van der Waals surface area contributed by atoms with Gasteiger partial charge < -0.3 is 14.7 Å². The van der Waals surface area contributed by atoms with Crippen LogP contribution in [0.3, 0.4) is 0 Å². The van der Waals surface area contributed by atoms with E-state index in [4.69, 9.17) is 4.74 Å². The summed E-state index contributed by atoms with van der Waals surface area (Å²) < 4.78 is 56.9. The van der Waals surface area contributed by atoms with E-state index in [1.54, 1.807) is 24.8 Å². The number of benzene rings is 1. The number of halogens is 4. The van der Waals surface area contributed by atoms with Crippen LogP contribution in [0, 0.1) is 5.82 Å². The molecule has 5 nitrogen and oxygen atoms in total. The lowest BCUT2D eigenvalue weighted by atomic mass is 10.1. The van der Waals surface area contributed by atoms with Crippen molar-refractivity contribution < 1.29 is 32.2 Å². The largest absolute Gasteiger partial charge is 0.436 e. The molecule has 3 rings (SSSR count). The highest BCUT2D eigenvalue weighted by molar-refractivity contribution is 5.80. The van der Waals surface area contributed by atoms with E-state index in [9.17, 15) is 27.5 Å². The first-order chi connectivity index (χ1) is 13.1. The Bertz CT molecular complexity index is 870. The minimum absolute atomic E-state index is 0.00422. The highest BCUT2D eigenvalue weighted by atomic mass is 19.4. The van der Waals surface area contributed by atoms with Crippen molar-refractivity contribution in [2.24, 2.45) is 0 Å². The first-order valence-corrected chi connectivity index (χ1v) is 8.57. The third-order valence-corrected chi connectivity index (χ3v) is 4.80. The third kappa shape index (κ3) is 3.94. The van der Waals surface area contributed by atoms with Gasteiger partial charge in [0.05, 0.1) is 30.2 Å². The number of pyridine rings is 1. The van der Waals surface area contributed by atoms with Gasteiger partial charge in [0.2, 0.25) is 11.8 Å². The summed E-state index contributed by atoms with van der Waals surface area (Å²) >= 11 is 0. The van der Waals surface area contributed by atoms with Crippen LogP contribution in [0.2, 0.25) is 0 Å². The fourth-order valence-electron chi connectivity index (χ4n) is 3.17. The number of amides is 1. The Morgan fingerprint density at radius 2 is 2.00 bits per heavy atom. The van der Waals surface area contributed by atoms with Gasteiger partial charge in [-0.2, -0.15) is 13.2 Å². The summed E-state index contributed by atoms with van der Waals surface area (Å²) in [5.74, 6) is -1.71. The van der Waals surface area contributed by atoms with E-state index >= 15 is 0 Å². The summed E-state index contributed by atoms with van der Waals surface area (Å²) in [6, 6.07) is 4.36. The topological polar surface area (TPSA) is 62.7 Å². The van der Waals surface area contributed by atoms with E-state index in [1.807, 2.05) is 0 Å². The second-order valence-corrected chi connectivity index (χ2v) is 6.66. The molecule has 1 amide bonds. The number of hydrogen-bond acceptors (Lipinski definition) is 4. The molecule has 1 fully saturated rings. The quantitative estimate of drug-likeness (QED) is 0.789. The van der Waals surface area contributed by atoms with Gasteiger partial charge in [-0.25, -0.2) is 9.37 Å². The summed E-state index contributed by atoms with van der Waals surface area (Å²) in [5.41, 5.74) is -0.435. The van der Waals surface area contributed by atoms with E-state index in [0.717, 1.165) is 12.1 Å². The predicted octanol–water partition coefficient (Wildman–Crippen LogP) is 4.07. The van der Waals surface area contributed by atoms with Crippen LogP contribution in [0.4, 0.5) is 17.6 Å². The number of ether oxygens (including phenoxy) is 1. The Kier molecular flexibility index (Phi) is 5.29. The summed E-state index contributed by atoms with van der Waals surface area (Å²) in [6.45, 7) is 3.55. The van der Waals surface area contributed by atoms with Crippen molar-refractivity contribution >= 4 is 5.91 Å². The van der Waals surface area contributed by atoms with Crippen LogP contribution in [0.1, 0.15) is 37.4 Å². The molecular weight excluding hydrogens is 380 g/mol. The van der Waals surface area contributed by atoms with Crippen molar-refractivity contribution in [2.45, 2.75) is 44.6 Å². The van der Waals surface area contributed by atoms with E-state index in [0.29, 0.717) is 11.6 Å². The normalized spacial score (nSPS) is 21.1. The highest BCUT2D eigenvalue weighted by Gasteiger charge is 2.38. The average molecular weight is 398 g/mol. The van der Waals surface area contributed by atoms with Crippen LogP contribution >= 0.6 is 0 Å². The molecule has 0 radical (unpaired) electrons. The molecular formula is C19H18F4N2O3. The van der Waals surface area contributed by atoms with Crippen molar-refractivity contribution in [3.05, 3.63) is 53.5 Å². The van der Waals surface area contributed by atoms with Gasteiger partial charge in [-0.3, -0.25) is 4.79 Å². The average Bonchev–Trinajstić information content (AvgIpc) is 2.88. The smallest absolute Gasteiger partial charge is 0.416 e. The SMILES string of the molecule is CC(c1ccc(Oc2ccc(C(F)(F)F)cc2F)nc1)N1C(=O)C[C@H](O)[C@@H]1C. The molecule has 0 aliphatic carbocycles. The number of likely N-dealkylation sites (tertiary alicyclic amines) is 1. The highest BCUT2D eigenvalue weighted by Crippen LogP contribution is 2.34. The van der Waals surface area contributed by atoms with Crippen molar-refractivity contribution in [3.63, 3.8) is 0 Å². The van der Waals surface area contributed by atoms with Crippen LogP contribution in [-0.2, 0) is 11.0 Å². The number of aliphatic hydroxyl groups is 1. The minimum Gasteiger partial charge on any atom is -0.436 e. The molecule has 3 atom stereocenters. The van der Waals surface area contributed by atoms with E-state index in [1.165, 1.54) is 12.3 Å². The van der Waals surface area contributed by atoms with Crippen LogP contribution < -0.4 is 4.74 Å². The summed E-state index contributed by atoms with van der Waals surface area (Å²) in [5, 5.41) is 9.83. The predicted molar refractivity (Wildman–Crippen MR) is 91.1 cm³/mol. The number of nitrogens with zero attached hydrogens (tertiary/aromatic N) is 2. The molecule has 1 aromatic carbocycles. The van der Waals surface area contributed by atoms with Crippen molar-refractivity contribution in [1.29, 1.82) is 0 Å². The second-order valence-electron chi connectivity index (χ2n) is 6.66. The van der Waals surface area contributed by atoms with Gasteiger partial charge in [0.25, 0.3) is 0 Å². The van der Waals surface area contributed by atoms with Gasteiger partial charge in [-0.1, -0.05) is 6.07 Å². The molecule has 2 heterocycles. The minimum atomic E-state index is -4.65. The number of carbonyl (C=O) groups is 1. The van der Waals surface area contributed by atoms with Gasteiger partial charge in [-0.15, -0.1) is 0 Å². The number of hydrogen-bond donors (Lipinski definition) is 1.